The van der Waals surface area contributed by atoms with E-state index in [4.69, 9.17) is 9.47 Å². The van der Waals surface area contributed by atoms with E-state index < -0.39 is 17.4 Å². The number of amides is 4. The first-order valence-electron chi connectivity index (χ1n) is 10.1. The Balaban J connectivity index is 1.36. The van der Waals surface area contributed by atoms with Crippen molar-refractivity contribution in [3.05, 3.63) is 84.4 Å². The standard InChI is InChI=1S/C23H19N5O4S/c29-21(24-16-7-3-1-4-8-16)26-22-27-28(23(30)25-17-9-5-2-6-10-17)20(33-22)15-11-12-18-19(13-15)32-14-31-18/h1-13,20H,14H2,(H,25,30)(H2,24,26,27,29). The Labute approximate surface area is 193 Å². The summed E-state index contributed by atoms with van der Waals surface area (Å²) in [4.78, 5) is 25.5. The Hall–Kier alpha value is -4.18. The molecule has 33 heavy (non-hydrogen) atoms. The summed E-state index contributed by atoms with van der Waals surface area (Å²) in [5, 5.41) is 13.7. The van der Waals surface area contributed by atoms with Gasteiger partial charge in [0, 0.05) is 11.4 Å². The monoisotopic (exact) mass is 461 g/mol. The molecule has 1 unspecified atom stereocenters. The lowest BCUT2D eigenvalue weighted by Gasteiger charge is -2.21. The Morgan fingerprint density at radius 1 is 0.848 bits per heavy atom. The summed E-state index contributed by atoms with van der Waals surface area (Å²) in [6, 6.07) is 22.7. The Morgan fingerprint density at radius 3 is 2.24 bits per heavy atom. The first kappa shape index (κ1) is 20.7. The summed E-state index contributed by atoms with van der Waals surface area (Å²) in [6.07, 6.45) is 0. The normalized spacial score (nSPS) is 16.2. The summed E-state index contributed by atoms with van der Waals surface area (Å²) in [5.41, 5.74) is 2.05. The highest BCUT2D eigenvalue weighted by Gasteiger charge is 2.35. The number of urea groups is 2. The lowest BCUT2D eigenvalue weighted by Crippen LogP contribution is -2.32. The van der Waals surface area contributed by atoms with Crippen molar-refractivity contribution >= 4 is 40.4 Å². The molecular formula is C23H19N5O4S. The van der Waals surface area contributed by atoms with Crippen molar-refractivity contribution in [2.75, 3.05) is 17.4 Å². The molecule has 3 aromatic rings. The molecule has 0 saturated carbocycles. The number of thioether (sulfide) groups is 1. The number of hydrogen-bond donors (Lipinski definition) is 3. The number of fused-ring (bicyclic) bond motifs is 1. The highest BCUT2D eigenvalue weighted by Crippen LogP contribution is 2.43. The first-order valence-corrected chi connectivity index (χ1v) is 11.0. The van der Waals surface area contributed by atoms with Gasteiger partial charge < -0.3 is 20.1 Å². The maximum atomic E-state index is 13.1. The summed E-state index contributed by atoms with van der Waals surface area (Å²) >= 11 is 1.24. The minimum absolute atomic E-state index is 0.151. The molecule has 0 aromatic heterocycles. The van der Waals surface area contributed by atoms with Gasteiger partial charge in [-0.05, 0) is 42.0 Å². The molecule has 10 heteroatoms. The van der Waals surface area contributed by atoms with Crippen molar-refractivity contribution in [1.82, 2.24) is 10.3 Å². The van der Waals surface area contributed by atoms with Crippen LogP contribution in [0.2, 0.25) is 0 Å². The summed E-state index contributed by atoms with van der Waals surface area (Å²) in [7, 11) is 0. The van der Waals surface area contributed by atoms with Crippen molar-refractivity contribution in [1.29, 1.82) is 0 Å². The number of benzene rings is 3. The average Bonchev–Trinajstić information content (AvgIpc) is 3.47. The van der Waals surface area contributed by atoms with Gasteiger partial charge >= 0.3 is 12.1 Å². The SMILES string of the molecule is O=C(NC1=NN(C(=O)Nc2ccccc2)C(c2ccc3c(c2)OCO3)S1)Nc1ccccc1. The van der Waals surface area contributed by atoms with Gasteiger partial charge in [-0.15, -0.1) is 5.10 Å². The number of hydrazone groups is 1. The average molecular weight is 462 g/mol. The fraction of sp³-hybridized carbons (Fsp3) is 0.0870. The third kappa shape index (κ3) is 4.70. The number of anilines is 2. The number of nitrogens with one attached hydrogen (secondary N) is 3. The minimum atomic E-state index is -0.518. The van der Waals surface area contributed by atoms with Gasteiger partial charge in [-0.2, -0.15) is 5.01 Å². The first-order chi connectivity index (χ1) is 16.2. The number of hydrogen-bond acceptors (Lipinski definition) is 6. The highest BCUT2D eigenvalue weighted by molar-refractivity contribution is 8.14. The van der Waals surface area contributed by atoms with Crippen LogP contribution in [0.15, 0.2) is 84.0 Å². The third-order valence-electron chi connectivity index (χ3n) is 4.81. The van der Waals surface area contributed by atoms with E-state index in [1.54, 1.807) is 30.3 Å². The molecule has 2 heterocycles. The molecule has 4 amide bonds. The molecule has 0 fully saturated rings. The Morgan fingerprint density at radius 2 is 1.52 bits per heavy atom. The van der Waals surface area contributed by atoms with Crippen molar-refractivity contribution in [2.45, 2.75) is 5.37 Å². The van der Waals surface area contributed by atoms with E-state index in [-0.39, 0.29) is 12.0 Å². The molecule has 5 rings (SSSR count). The van der Waals surface area contributed by atoms with E-state index in [2.05, 4.69) is 21.1 Å². The predicted octanol–water partition coefficient (Wildman–Crippen LogP) is 4.79. The van der Waals surface area contributed by atoms with Crippen LogP contribution in [0.1, 0.15) is 10.9 Å². The smallest absolute Gasteiger partial charge is 0.343 e. The second-order valence-electron chi connectivity index (χ2n) is 7.07. The number of ether oxygens (including phenoxy) is 2. The van der Waals surface area contributed by atoms with Crippen LogP contribution in [0.3, 0.4) is 0 Å². The number of amidine groups is 1. The number of para-hydroxylation sites is 2. The number of nitrogens with zero attached hydrogens (tertiary/aromatic N) is 2. The molecular weight excluding hydrogens is 442 g/mol. The van der Waals surface area contributed by atoms with Gasteiger partial charge in [0.25, 0.3) is 0 Å². The summed E-state index contributed by atoms with van der Waals surface area (Å²) in [6.45, 7) is 0.151. The van der Waals surface area contributed by atoms with Crippen LogP contribution in [0, 0.1) is 0 Å². The fourth-order valence-electron chi connectivity index (χ4n) is 3.30. The van der Waals surface area contributed by atoms with E-state index in [1.807, 2.05) is 48.5 Å². The van der Waals surface area contributed by atoms with Crippen LogP contribution < -0.4 is 25.4 Å². The van der Waals surface area contributed by atoms with Crippen LogP contribution in [-0.2, 0) is 0 Å². The lowest BCUT2D eigenvalue weighted by molar-refractivity contribution is 0.174. The molecule has 3 N–H and O–H groups in total. The van der Waals surface area contributed by atoms with Crippen LogP contribution in [0.25, 0.3) is 0 Å². The molecule has 3 aromatic carbocycles. The zero-order chi connectivity index (χ0) is 22.6. The maximum Gasteiger partial charge on any atom is 0.343 e. The van der Waals surface area contributed by atoms with E-state index in [0.717, 1.165) is 5.56 Å². The third-order valence-corrected chi connectivity index (χ3v) is 5.91. The van der Waals surface area contributed by atoms with Gasteiger partial charge in [-0.3, -0.25) is 5.32 Å². The van der Waals surface area contributed by atoms with Gasteiger partial charge in [0.05, 0.1) is 0 Å². The largest absolute Gasteiger partial charge is 0.454 e. The van der Waals surface area contributed by atoms with E-state index in [0.29, 0.717) is 22.9 Å². The second-order valence-corrected chi connectivity index (χ2v) is 8.14. The molecule has 2 aliphatic rings. The fourth-order valence-corrected chi connectivity index (χ4v) is 4.32. The van der Waals surface area contributed by atoms with E-state index in [1.165, 1.54) is 16.8 Å². The topological polar surface area (TPSA) is 104 Å². The van der Waals surface area contributed by atoms with Gasteiger partial charge in [-0.1, -0.05) is 54.2 Å². The van der Waals surface area contributed by atoms with E-state index >= 15 is 0 Å². The minimum Gasteiger partial charge on any atom is -0.454 e. The molecule has 166 valence electrons. The number of rotatable bonds is 3. The zero-order valence-electron chi connectivity index (χ0n) is 17.2. The van der Waals surface area contributed by atoms with Crippen molar-refractivity contribution in [3.8, 4) is 11.5 Å². The molecule has 0 aliphatic carbocycles. The van der Waals surface area contributed by atoms with Crippen LogP contribution in [-0.4, -0.2) is 29.0 Å². The summed E-state index contributed by atoms with van der Waals surface area (Å²) < 4.78 is 10.9. The second kappa shape index (κ2) is 9.13. The van der Waals surface area contributed by atoms with Gasteiger partial charge in [0.15, 0.2) is 16.7 Å². The molecule has 0 saturated heterocycles. The predicted molar refractivity (Wildman–Crippen MR) is 126 cm³/mol. The number of carbonyl (C=O) groups is 2. The molecule has 1 atom stereocenters. The summed E-state index contributed by atoms with van der Waals surface area (Å²) in [5.74, 6) is 1.24. The number of carbonyl (C=O) groups excluding carboxylic acids is 2. The van der Waals surface area contributed by atoms with Crippen molar-refractivity contribution in [2.24, 2.45) is 5.10 Å². The molecule has 9 nitrogen and oxygen atoms in total. The molecule has 2 aliphatic heterocycles. The molecule has 0 bridgehead atoms. The van der Waals surface area contributed by atoms with Gasteiger partial charge in [-0.25, -0.2) is 9.59 Å². The van der Waals surface area contributed by atoms with Crippen molar-refractivity contribution in [3.63, 3.8) is 0 Å². The lowest BCUT2D eigenvalue weighted by atomic mass is 10.2. The maximum absolute atomic E-state index is 13.1. The van der Waals surface area contributed by atoms with Crippen molar-refractivity contribution < 1.29 is 19.1 Å². The van der Waals surface area contributed by atoms with Gasteiger partial charge in [0.2, 0.25) is 6.79 Å². The molecule has 0 spiro atoms. The van der Waals surface area contributed by atoms with Crippen LogP contribution >= 0.6 is 11.8 Å². The van der Waals surface area contributed by atoms with Gasteiger partial charge in [0.1, 0.15) is 5.37 Å². The van der Waals surface area contributed by atoms with Crippen LogP contribution in [0.4, 0.5) is 21.0 Å². The highest BCUT2D eigenvalue weighted by atomic mass is 32.2. The quantitative estimate of drug-likeness (QED) is 0.520. The zero-order valence-corrected chi connectivity index (χ0v) is 18.0. The van der Waals surface area contributed by atoms with Crippen LogP contribution in [0.5, 0.6) is 11.5 Å². The van der Waals surface area contributed by atoms with E-state index in [9.17, 15) is 9.59 Å². The Bertz CT molecular complexity index is 1210. The molecule has 0 radical (unpaired) electrons. The Kier molecular flexibility index (Phi) is 5.73.